The van der Waals surface area contributed by atoms with Gasteiger partial charge in [-0.05, 0) is 29.5 Å². The third-order valence-electron chi connectivity index (χ3n) is 4.40. The lowest BCUT2D eigenvalue weighted by atomic mass is 10.1. The molecule has 146 valence electrons. The third-order valence-corrected chi connectivity index (χ3v) is 6.16. The molecule has 1 N–H and O–H groups in total. The maximum absolute atomic E-state index is 12.9. The summed E-state index contributed by atoms with van der Waals surface area (Å²) in [4.78, 5) is 35.1. The van der Waals surface area contributed by atoms with E-state index < -0.39 is 0 Å². The van der Waals surface area contributed by atoms with Gasteiger partial charge >= 0.3 is 0 Å². The molecule has 8 heteroatoms. The average Bonchev–Trinajstić information content (AvgIpc) is 3.42. The topological polar surface area (TPSA) is 76.9 Å². The minimum absolute atomic E-state index is 0.110. The molecule has 3 heterocycles. The Morgan fingerprint density at radius 1 is 1.17 bits per heavy atom. The molecule has 0 aliphatic rings. The average molecular weight is 423 g/mol. The highest BCUT2D eigenvalue weighted by Crippen LogP contribution is 2.29. The highest BCUT2D eigenvalue weighted by Gasteiger charge is 2.14. The molecule has 0 fully saturated rings. The van der Waals surface area contributed by atoms with Crippen molar-refractivity contribution in [1.82, 2.24) is 14.5 Å². The summed E-state index contributed by atoms with van der Waals surface area (Å²) >= 11 is 2.99. The number of hydrogen-bond donors (Lipinski definition) is 1. The zero-order valence-electron chi connectivity index (χ0n) is 15.7. The van der Waals surface area contributed by atoms with Crippen molar-refractivity contribution in [2.45, 2.75) is 19.9 Å². The van der Waals surface area contributed by atoms with Gasteiger partial charge < -0.3 is 5.32 Å². The molecule has 0 aliphatic heterocycles. The zero-order chi connectivity index (χ0) is 20.2. The van der Waals surface area contributed by atoms with E-state index in [0.717, 1.165) is 28.2 Å². The Kier molecular flexibility index (Phi) is 5.64. The van der Waals surface area contributed by atoms with Gasteiger partial charge in [0, 0.05) is 17.3 Å². The quantitative estimate of drug-likeness (QED) is 0.503. The van der Waals surface area contributed by atoms with Gasteiger partial charge in [-0.15, -0.1) is 22.7 Å². The molecule has 29 heavy (non-hydrogen) atoms. The molecule has 0 saturated carbocycles. The van der Waals surface area contributed by atoms with E-state index in [2.05, 4.69) is 15.3 Å². The van der Waals surface area contributed by atoms with Crippen LogP contribution in [0.3, 0.4) is 0 Å². The summed E-state index contributed by atoms with van der Waals surface area (Å²) in [7, 11) is 0. The SMILES string of the molecule is CCc1ccccc1NC(=O)Cn1cncc(-c2nc(-c3cccs3)cs2)c1=O. The summed E-state index contributed by atoms with van der Waals surface area (Å²) < 4.78 is 1.31. The first-order valence-electron chi connectivity index (χ1n) is 9.07. The first-order valence-corrected chi connectivity index (χ1v) is 10.8. The van der Waals surface area contributed by atoms with Crippen molar-refractivity contribution < 1.29 is 4.79 Å². The molecule has 0 radical (unpaired) electrons. The van der Waals surface area contributed by atoms with Gasteiger partial charge in [0.1, 0.15) is 11.6 Å². The number of hydrogen-bond acceptors (Lipinski definition) is 6. The summed E-state index contributed by atoms with van der Waals surface area (Å²) in [6.45, 7) is 1.92. The van der Waals surface area contributed by atoms with Crippen LogP contribution in [0.5, 0.6) is 0 Å². The lowest BCUT2D eigenvalue weighted by Crippen LogP contribution is -2.28. The van der Waals surface area contributed by atoms with Gasteiger partial charge in [0.25, 0.3) is 5.56 Å². The summed E-state index contributed by atoms with van der Waals surface area (Å²) in [5.74, 6) is -0.273. The molecule has 4 rings (SSSR count). The number of thiophene rings is 1. The van der Waals surface area contributed by atoms with Crippen LogP contribution in [0, 0.1) is 0 Å². The van der Waals surface area contributed by atoms with Crippen LogP contribution in [0.2, 0.25) is 0 Å². The standard InChI is InChI=1S/C21H18N4O2S2/c1-2-14-6-3-4-7-16(14)23-19(26)11-25-13-22-10-15(21(25)27)20-24-17(12-29-20)18-8-5-9-28-18/h3-10,12-13H,2,11H2,1H3,(H,23,26). The van der Waals surface area contributed by atoms with E-state index in [-0.39, 0.29) is 18.0 Å². The number of rotatable bonds is 6. The number of amides is 1. The van der Waals surface area contributed by atoms with Crippen LogP contribution >= 0.6 is 22.7 Å². The Labute approximate surface area is 175 Å². The maximum Gasteiger partial charge on any atom is 0.264 e. The number of nitrogens with one attached hydrogen (secondary N) is 1. The normalized spacial score (nSPS) is 10.8. The molecule has 4 aromatic rings. The molecule has 3 aromatic heterocycles. The Morgan fingerprint density at radius 2 is 2.03 bits per heavy atom. The second-order valence-electron chi connectivity index (χ2n) is 6.31. The number of thiazole rings is 1. The van der Waals surface area contributed by atoms with Crippen molar-refractivity contribution in [3.63, 3.8) is 0 Å². The van der Waals surface area contributed by atoms with E-state index in [4.69, 9.17) is 0 Å². The molecular weight excluding hydrogens is 404 g/mol. The number of aryl methyl sites for hydroxylation is 1. The smallest absolute Gasteiger partial charge is 0.264 e. The Morgan fingerprint density at radius 3 is 2.83 bits per heavy atom. The molecule has 1 amide bonds. The number of benzene rings is 1. The number of aromatic nitrogens is 3. The van der Waals surface area contributed by atoms with Gasteiger partial charge in [0.2, 0.25) is 5.91 Å². The number of carbonyl (C=O) groups is 1. The highest BCUT2D eigenvalue weighted by atomic mass is 32.1. The molecule has 0 spiro atoms. The third kappa shape index (κ3) is 4.18. The Hall–Kier alpha value is -3.10. The molecule has 0 atom stereocenters. The predicted molar refractivity (Wildman–Crippen MR) is 117 cm³/mol. The monoisotopic (exact) mass is 422 g/mol. The number of para-hydroxylation sites is 1. The number of anilines is 1. The van der Waals surface area contributed by atoms with E-state index in [0.29, 0.717) is 10.6 Å². The molecule has 0 aliphatic carbocycles. The fourth-order valence-corrected chi connectivity index (χ4v) is 4.52. The largest absolute Gasteiger partial charge is 0.324 e. The van der Waals surface area contributed by atoms with Gasteiger partial charge in [0.15, 0.2) is 0 Å². The van der Waals surface area contributed by atoms with Gasteiger partial charge in [-0.25, -0.2) is 9.97 Å². The van der Waals surface area contributed by atoms with E-state index >= 15 is 0 Å². The van der Waals surface area contributed by atoms with Gasteiger partial charge in [0.05, 0.1) is 22.5 Å². The van der Waals surface area contributed by atoms with Gasteiger partial charge in [-0.2, -0.15) is 0 Å². The minimum atomic E-state index is -0.286. The molecule has 6 nitrogen and oxygen atoms in total. The van der Waals surface area contributed by atoms with Crippen molar-refractivity contribution in [2.24, 2.45) is 0 Å². The summed E-state index contributed by atoms with van der Waals surface area (Å²) in [6.07, 6.45) is 3.69. The Bertz CT molecular complexity index is 1200. The van der Waals surface area contributed by atoms with Crippen molar-refractivity contribution in [3.8, 4) is 21.1 Å². The number of nitrogens with zero attached hydrogens (tertiary/aromatic N) is 3. The van der Waals surface area contributed by atoms with Crippen LogP contribution in [0.25, 0.3) is 21.1 Å². The van der Waals surface area contributed by atoms with Crippen LogP contribution < -0.4 is 10.9 Å². The van der Waals surface area contributed by atoms with Gasteiger partial charge in [-0.1, -0.05) is 31.2 Å². The van der Waals surface area contributed by atoms with Crippen LogP contribution in [0.15, 0.2) is 64.5 Å². The summed E-state index contributed by atoms with van der Waals surface area (Å²) in [6, 6.07) is 11.6. The highest BCUT2D eigenvalue weighted by molar-refractivity contribution is 7.15. The zero-order valence-corrected chi connectivity index (χ0v) is 17.3. The second-order valence-corrected chi connectivity index (χ2v) is 8.12. The lowest BCUT2D eigenvalue weighted by molar-refractivity contribution is -0.116. The van der Waals surface area contributed by atoms with Crippen LogP contribution in [-0.4, -0.2) is 20.4 Å². The van der Waals surface area contributed by atoms with Crippen molar-refractivity contribution in [3.05, 3.63) is 75.6 Å². The second kappa shape index (κ2) is 8.50. The predicted octanol–water partition coefficient (Wildman–Crippen LogP) is 4.30. The van der Waals surface area contributed by atoms with Crippen molar-refractivity contribution in [1.29, 1.82) is 0 Å². The lowest BCUT2D eigenvalue weighted by Gasteiger charge is -2.11. The van der Waals surface area contributed by atoms with E-state index in [1.807, 2.05) is 54.1 Å². The van der Waals surface area contributed by atoms with Crippen molar-refractivity contribution >= 4 is 34.3 Å². The molecule has 0 bridgehead atoms. The molecule has 0 saturated heterocycles. The molecular formula is C21H18N4O2S2. The van der Waals surface area contributed by atoms with Crippen LogP contribution in [-0.2, 0) is 17.8 Å². The van der Waals surface area contributed by atoms with E-state index in [9.17, 15) is 9.59 Å². The van der Waals surface area contributed by atoms with E-state index in [1.165, 1.54) is 28.4 Å². The van der Waals surface area contributed by atoms with Crippen molar-refractivity contribution in [2.75, 3.05) is 5.32 Å². The minimum Gasteiger partial charge on any atom is -0.324 e. The first kappa shape index (κ1) is 19.2. The van der Waals surface area contributed by atoms with Gasteiger partial charge in [-0.3, -0.25) is 14.2 Å². The Balaban J connectivity index is 1.55. The van der Waals surface area contributed by atoms with Crippen LogP contribution in [0.1, 0.15) is 12.5 Å². The summed E-state index contributed by atoms with van der Waals surface area (Å²) in [5.41, 5.74) is 2.75. The number of carbonyl (C=O) groups excluding carboxylic acids is 1. The fourth-order valence-electron chi connectivity index (χ4n) is 2.94. The fraction of sp³-hybridized carbons (Fsp3) is 0.143. The first-order chi connectivity index (χ1) is 14.2. The van der Waals surface area contributed by atoms with Crippen LogP contribution in [0.4, 0.5) is 5.69 Å². The maximum atomic E-state index is 12.9. The summed E-state index contributed by atoms with van der Waals surface area (Å²) in [5, 5.41) is 7.39. The van der Waals surface area contributed by atoms with E-state index in [1.54, 1.807) is 11.3 Å². The molecule has 1 aromatic carbocycles. The molecule has 0 unspecified atom stereocenters.